The molecular formula is C62H71BrF3N3O15. The summed E-state index contributed by atoms with van der Waals surface area (Å²) in [4.78, 5) is 48.6. The molecule has 3 saturated carbocycles. The lowest BCUT2D eigenvalue weighted by Gasteiger charge is -2.62. The summed E-state index contributed by atoms with van der Waals surface area (Å²) in [5.74, 6) is 5.84. The first kappa shape index (κ1) is 63.6. The van der Waals surface area contributed by atoms with Gasteiger partial charge in [0.05, 0.1) is 39.3 Å². The fraction of sp³-hybridized carbons (Fsp3) is 0.548. The fourth-order valence-corrected chi connectivity index (χ4v) is 16.9. The van der Waals surface area contributed by atoms with E-state index in [0.29, 0.717) is 99.9 Å². The number of ether oxygens (including phenoxy) is 3. The molecule has 3 aromatic carbocycles. The van der Waals surface area contributed by atoms with Gasteiger partial charge < -0.3 is 60.1 Å². The molecule has 3 spiro atoms. The third-order valence-corrected chi connectivity index (χ3v) is 20.3. The van der Waals surface area contributed by atoms with Crippen LogP contribution in [-0.2, 0) is 54.7 Å². The summed E-state index contributed by atoms with van der Waals surface area (Å²) in [6, 6.07) is 9.73. The van der Waals surface area contributed by atoms with Gasteiger partial charge in [-0.2, -0.15) is 17.8 Å². The van der Waals surface area contributed by atoms with Crippen molar-refractivity contribution >= 4 is 39.2 Å². The molecule has 6 heterocycles. The molecule has 15 rings (SSSR count). The quantitative estimate of drug-likeness (QED) is 0.102. The zero-order valence-electron chi connectivity index (χ0n) is 43.7. The molecule has 13 atom stereocenters. The number of phenolic OH excluding ortho intramolecular Hbond substituents is 3. The van der Waals surface area contributed by atoms with Crippen molar-refractivity contribution in [3.05, 3.63) is 69.8 Å². The summed E-state index contributed by atoms with van der Waals surface area (Å²) >= 11 is 3.01. The first-order chi connectivity index (χ1) is 38.3. The van der Waals surface area contributed by atoms with Crippen LogP contribution in [-0.4, -0.2) is 166 Å². The van der Waals surface area contributed by atoms with Crippen LogP contribution in [0.3, 0.4) is 0 Å². The number of nitrogens with zero attached hydrogens (tertiary/aromatic N) is 2. The number of carboxylic acid groups (broad SMARTS) is 1. The lowest BCUT2D eigenvalue weighted by atomic mass is 9.49. The van der Waals surface area contributed by atoms with Crippen LogP contribution in [0, 0.1) is 37.0 Å². The smallest absolute Gasteiger partial charge is 0.430 e. The second-order valence-electron chi connectivity index (χ2n) is 23.2. The number of terminal acetylenes is 3. The normalized spacial score (nSPS) is 35.8. The number of halogens is 4. The third-order valence-electron chi connectivity index (χ3n) is 20.0. The Labute approximate surface area is 494 Å². The van der Waals surface area contributed by atoms with E-state index < -0.39 is 69.5 Å². The third kappa shape index (κ3) is 8.42. The molecule has 6 fully saturated rings. The number of benzene rings is 3. The lowest BCUT2D eigenvalue weighted by Crippen LogP contribution is -2.80. The Kier molecular flexibility index (Phi) is 16.5. The number of alkyl halides is 4. The summed E-state index contributed by atoms with van der Waals surface area (Å²) in [7, 11) is 0. The van der Waals surface area contributed by atoms with Crippen molar-refractivity contribution in [3.63, 3.8) is 0 Å². The maximum atomic E-state index is 12.6. The maximum absolute atomic E-state index is 12.6. The zero-order chi connectivity index (χ0) is 58.2. The van der Waals surface area contributed by atoms with E-state index in [4.69, 9.17) is 43.4 Å². The molecule has 0 amide bonds. The maximum Gasteiger partial charge on any atom is 0.430 e. The number of hydroxylamine groups is 3. The van der Waals surface area contributed by atoms with Crippen molar-refractivity contribution in [2.45, 2.75) is 175 Å². The van der Waals surface area contributed by atoms with Gasteiger partial charge in [0.25, 0.3) is 0 Å². The molecule has 0 radical (unpaired) electrons. The van der Waals surface area contributed by atoms with Crippen LogP contribution < -0.4 is 24.6 Å². The molecule has 6 aliphatic heterocycles. The van der Waals surface area contributed by atoms with Crippen molar-refractivity contribution in [1.82, 2.24) is 10.2 Å². The molecule has 3 saturated heterocycles. The Morgan fingerprint density at radius 3 is 1.56 bits per heavy atom. The molecule has 6 bridgehead atoms. The van der Waals surface area contributed by atoms with Gasteiger partial charge in [0.15, 0.2) is 82.7 Å². The summed E-state index contributed by atoms with van der Waals surface area (Å²) in [5.41, 5.74) is -0.0831. The van der Waals surface area contributed by atoms with Crippen LogP contribution in [0.25, 0.3) is 0 Å². The lowest BCUT2D eigenvalue weighted by molar-refractivity contribution is -1.12. The number of phenols is 3. The minimum absolute atomic E-state index is 0. The van der Waals surface area contributed by atoms with E-state index in [1.54, 1.807) is 24.3 Å². The van der Waals surface area contributed by atoms with Gasteiger partial charge in [0.2, 0.25) is 0 Å². The van der Waals surface area contributed by atoms with Crippen LogP contribution in [0.1, 0.15) is 113 Å². The number of aliphatic carboxylic acids is 1. The minimum atomic E-state index is -5.19. The number of aromatic hydroxyl groups is 3. The molecule has 3 aromatic rings. The first-order valence-electron chi connectivity index (χ1n) is 26.9. The number of rotatable bonds is 2. The second-order valence-corrected chi connectivity index (χ2v) is 23.8. The first-order valence-corrected chi connectivity index (χ1v) is 28.0. The average Bonchev–Trinajstić information content (AvgIpc) is 1.38. The molecule has 22 heteroatoms. The number of carbonyl (C=O) groups is 4. The van der Waals surface area contributed by atoms with Crippen molar-refractivity contribution in [2.24, 2.45) is 0 Å². The van der Waals surface area contributed by atoms with Crippen molar-refractivity contribution in [3.8, 4) is 71.5 Å². The van der Waals surface area contributed by atoms with Crippen molar-refractivity contribution in [2.75, 3.05) is 38.1 Å². The number of ketones is 3. The number of likely N-dealkylation sites (tertiary alicyclic amines) is 2. The van der Waals surface area contributed by atoms with Crippen LogP contribution >= 0.6 is 15.9 Å². The van der Waals surface area contributed by atoms with Gasteiger partial charge in [0.1, 0.15) is 18.1 Å². The van der Waals surface area contributed by atoms with Gasteiger partial charge in [0, 0.05) is 67.4 Å². The summed E-state index contributed by atoms with van der Waals surface area (Å²) < 4.78 is 49.0. The number of piperidine rings is 3. The van der Waals surface area contributed by atoms with E-state index in [2.05, 4.69) is 43.9 Å². The molecule has 12 aliphatic rings. The number of carboxylic acids is 1. The molecule has 6 aliphatic carbocycles. The van der Waals surface area contributed by atoms with Gasteiger partial charge in [-0.15, -0.1) is 19.3 Å². The van der Waals surface area contributed by atoms with Crippen LogP contribution in [0.2, 0.25) is 0 Å². The highest BCUT2D eigenvalue weighted by atomic mass is 79.9. The SMILES string of the molecule is C.C.C.C#CCBr.C#CCN1CC[C@]23c4c5ccc(O)c4O[C@H]2C(=O)CC[C@@]3(O)[C@H]1C5.C#CC[N+]1(O)CC[C@]23c4c5ccc(O)c4O[C@H]2C(=O)CC[C@@]3(O)[C@H]1C5.O=C([O-])C(F)(F)F.O=C1CC[C@@]2(O)[C@H]3Cc4ccc(O)c5c4[C@@]2(CCN3)[C@H]1O5. The van der Waals surface area contributed by atoms with Crippen LogP contribution in [0.5, 0.6) is 34.5 Å². The molecule has 84 heavy (non-hydrogen) atoms. The van der Waals surface area contributed by atoms with Gasteiger partial charge in [-0.1, -0.05) is 68.2 Å². The second kappa shape index (κ2) is 21.8. The number of hydrogen-bond acceptors (Lipinski definition) is 17. The topological polar surface area (TPSA) is 276 Å². The molecule has 452 valence electrons. The Bertz CT molecular complexity index is 3340. The molecule has 18 nitrogen and oxygen atoms in total. The predicted octanol–water partition coefficient (Wildman–Crippen LogP) is 4.03. The van der Waals surface area contributed by atoms with E-state index in [-0.39, 0.29) is 93.0 Å². The Morgan fingerprint density at radius 1 is 0.679 bits per heavy atom. The molecular weight excluding hydrogens is 1160 g/mol. The highest BCUT2D eigenvalue weighted by Gasteiger charge is 2.78. The van der Waals surface area contributed by atoms with E-state index >= 15 is 0 Å². The minimum Gasteiger partial charge on any atom is -0.542 e. The Balaban J connectivity index is 0.000000149. The van der Waals surface area contributed by atoms with Gasteiger partial charge in [-0.25, -0.2) is 5.21 Å². The summed E-state index contributed by atoms with van der Waals surface area (Å²) in [5, 5.41) is 89.8. The average molecular weight is 1240 g/mol. The van der Waals surface area contributed by atoms with E-state index in [9.17, 15) is 63.4 Å². The highest BCUT2D eigenvalue weighted by molar-refractivity contribution is 9.09. The van der Waals surface area contributed by atoms with E-state index in [1.807, 2.05) is 12.1 Å². The van der Waals surface area contributed by atoms with E-state index in [1.165, 1.54) is 0 Å². The van der Waals surface area contributed by atoms with Crippen LogP contribution in [0.15, 0.2) is 36.4 Å². The number of carbonyl (C=O) groups excluding carboxylic acids is 4. The van der Waals surface area contributed by atoms with Crippen molar-refractivity contribution in [1.29, 1.82) is 0 Å². The number of nitrogens with one attached hydrogen (secondary N) is 1. The van der Waals surface area contributed by atoms with Crippen LogP contribution in [0.4, 0.5) is 13.2 Å². The molecule has 0 aromatic heterocycles. The Hall–Kier alpha value is -6.39. The largest absolute Gasteiger partial charge is 0.542 e. The standard InChI is InChI=1S/C19H19NO5.C19H19NO4.C16H17NO4.C3H3Br.C2HF3O2.3CH4/c1-2-8-20(24)9-7-18-15-11-3-4-12(21)16(15)25-17(18)13(22)5-6-19(18,23)14(20)10-11;1-2-8-20-9-7-18-15-11-3-4-12(21)16(15)24-17(18)13(22)5-6-19(18,23)14(20)10-11;18-9-2-1-8-7-11-16(20)4-3-10(19)14-15(16,5-6-17-11)12(8)13(9)21-14;1-2-3-4;3-2(4,5)1(6)7;;;/h1,3-4,14,17,23-24H,5-10H2;1,3-4,14,17,21,23H,5-10H2;1-2,11,14,17-18,20H,3-7H2;1H,3H2;(H,6,7);3*1H4/t14-,17+,18+,19-,20?;14-,17+,18+,19-;11-,14+,15+,16-;;;;;/m111...../s1. The number of hydrogen-bond donors (Lipinski definition) is 8. The monoisotopic (exact) mass is 1230 g/mol. The fourth-order valence-electron chi connectivity index (χ4n) is 16.9. The van der Waals surface area contributed by atoms with Gasteiger partial charge >= 0.3 is 6.18 Å². The number of Topliss-reactive ketones (excluding diaryl/α,β-unsaturated/α-hetero) is 3. The Morgan fingerprint density at radius 2 is 1.11 bits per heavy atom. The summed E-state index contributed by atoms with van der Waals surface area (Å²) in [6.07, 6.45) is 13.9. The van der Waals surface area contributed by atoms with Gasteiger partial charge in [-0.05, 0) is 92.3 Å². The number of aliphatic hydroxyl groups is 3. The van der Waals surface area contributed by atoms with Crippen molar-refractivity contribution < 1.29 is 92.2 Å². The zero-order valence-corrected chi connectivity index (χ0v) is 45.3. The molecule has 8 N–H and O–H groups in total. The highest BCUT2D eigenvalue weighted by Crippen LogP contribution is 2.68. The predicted molar refractivity (Wildman–Crippen MR) is 299 cm³/mol. The summed E-state index contributed by atoms with van der Waals surface area (Å²) in [6.45, 7) is 2.43. The number of quaternary nitrogens is 1. The molecule has 1 unspecified atom stereocenters. The van der Waals surface area contributed by atoms with Gasteiger partial charge in [-0.3, -0.25) is 19.3 Å². The van der Waals surface area contributed by atoms with E-state index in [0.717, 1.165) is 46.5 Å².